The van der Waals surface area contributed by atoms with Gasteiger partial charge >= 0.3 is 0 Å². The van der Waals surface area contributed by atoms with Crippen molar-refractivity contribution in [1.29, 1.82) is 0 Å². The molecule has 0 radical (unpaired) electrons. The number of methoxy groups -OCH3 is 1. The molecule has 0 aliphatic rings. The average molecular weight is 493 g/mol. The van der Waals surface area contributed by atoms with E-state index < -0.39 is 0 Å². The third-order valence-corrected chi connectivity index (χ3v) is 4.01. The number of hydrogen-bond donors (Lipinski definition) is 3. The van der Waals surface area contributed by atoms with E-state index >= 15 is 0 Å². The largest absolute Gasteiger partial charge is 0.491 e. The topological polar surface area (TPSA) is 75.1 Å². The highest BCUT2D eigenvalue weighted by Gasteiger charge is 2.08. The molecule has 1 aromatic rings. The minimum absolute atomic E-state index is 0. The van der Waals surface area contributed by atoms with Gasteiger partial charge in [-0.05, 0) is 43.4 Å². The summed E-state index contributed by atoms with van der Waals surface area (Å²) in [6.07, 6.45) is 3.05. The lowest BCUT2D eigenvalue weighted by Crippen LogP contribution is -2.40. The van der Waals surface area contributed by atoms with E-state index in [2.05, 4.69) is 29.5 Å². The molecule has 3 N–H and O–H groups in total. The number of aliphatic hydroxyl groups excluding tert-OH is 1. The molecule has 0 fully saturated rings. The van der Waals surface area contributed by atoms with Crippen LogP contribution in [0.3, 0.4) is 0 Å². The van der Waals surface area contributed by atoms with Gasteiger partial charge in [0.25, 0.3) is 0 Å². The second kappa shape index (κ2) is 17.1. The van der Waals surface area contributed by atoms with Crippen LogP contribution in [0.1, 0.15) is 38.7 Å². The molecule has 27 heavy (non-hydrogen) atoms. The minimum Gasteiger partial charge on any atom is -0.491 e. The third-order valence-electron chi connectivity index (χ3n) is 4.01. The number of ether oxygens (including phenoxy) is 2. The van der Waals surface area contributed by atoms with Crippen molar-refractivity contribution in [3.63, 3.8) is 0 Å². The first kappa shape index (κ1) is 25.9. The van der Waals surface area contributed by atoms with Gasteiger partial charge in [-0.2, -0.15) is 0 Å². The molecule has 1 atom stereocenters. The molecule has 1 aromatic carbocycles. The van der Waals surface area contributed by atoms with Crippen LogP contribution in [0.25, 0.3) is 0 Å². The number of aliphatic hydroxyl groups is 1. The zero-order chi connectivity index (χ0) is 19.0. The molecule has 0 aliphatic carbocycles. The van der Waals surface area contributed by atoms with Crippen LogP contribution in [0.4, 0.5) is 0 Å². The van der Waals surface area contributed by atoms with Crippen molar-refractivity contribution in [2.45, 2.75) is 39.7 Å². The first-order valence-corrected chi connectivity index (χ1v) is 9.57. The van der Waals surface area contributed by atoms with Gasteiger partial charge in [0.15, 0.2) is 5.96 Å². The minimum atomic E-state index is 0. The Kier molecular flexibility index (Phi) is 16.4. The number of rotatable bonds is 13. The molecule has 1 rings (SSSR count). The molecule has 0 amide bonds. The van der Waals surface area contributed by atoms with E-state index in [0.717, 1.165) is 49.6 Å². The van der Waals surface area contributed by atoms with Crippen LogP contribution in [0.15, 0.2) is 29.3 Å². The molecule has 0 aromatic heterocycles. The molecule has 0 bridgehead atoms. The van der Waals surface area contributed by atoms with Crippen molar-refractivity contribution >= 4 is 29.9 Å². The predicted octanol–water partition coefficient (Wildman–Crippen LogP) is 3.18. The van der Waals surface area contributed by atoms with Gasteiger partial charge in [0.1, 0.15) is 12.4 Å². The van der Waals surface area contributed by atoms with Crippen LogP contribution in [-0.2, 0) is 11.3 Å². The summed E-state index contributed by atoms with van der Waals surface area (Å²) in [4.78, 5) is 4.67. The molecular weight excluding hydrogens is 457 g/mol. The maximum absolute atomic E-state index is 9.19. The fraction of sp³-hybridized carbons (Fsp3) is 0.650. The van der Waals surface area contributed by atoms with Gasteiger partial charge < -0.3 is 25.2 Å². The molecular formula is C20H36IN3O3. The maximum atomic E-state index is 9.19. The average Bonchev–Trinajstić information content (AvgIpc) is 2.65. The van der Waals surface area contributed by atoms with Gasteiger partial charge in [0.2, 0.25) is 0 Å². The second-order valence-corrected chi connectivity index (χ2v) is 6.23. The van der Waals surface area contributed by atoms with E-state index in [4.69, 9.17) is 9.47 Å². The summed E-state index contributed by atoms with van der Waals surface area (Å²) in [5, 5.41) is 15.9. The van der Waals surface area contributed by atoms with E-state index in [1.807, 2.05) is 24.3 Å². The molecule has 0 heterocycles. The normalized spacial score (nSPS) is 12.2. The summed E-state index contributed by atoms with van der Waals surface area (Å²) >= 11 is 0. The highest BCUT2D eigenvalue weighted by Crippen LogP contribution is 2.14. The molecule has 156 valence electrons. The monoisotopic (exact) mass is 493 g/mol. The lowest BCUT2D eigenvalue weighted by atomic mass is 10.0. The van der Waals surface area contributed by atoms with E-state index in [-0.39, 0.29) is 30.6 Å². The SMILES string of the molecule is CCCC(CCO)CNC(=NCc1cccc(OCCOC)c1)NCC.I. The lowest BCUT2D eigenvalue weighted by molar-refractivity contribution is 0.146. The Morgan fingerprint density at radius 3 is 2.67 bits per heavy atom. The maximum Gasteiger partial charge on any atom is 0.191 e. The summed E-state index contributed by atoms with van der Waals surface area (Å²) in [6.45, 7) is 7.78. The fourth-order valence-corrected chi connectivity index (χ4v) is 2.67. The highest BCUT2D eigenvalue weighted by molar-refractivity contribution is 14.0. The molecule has 6 nitrogen and oxygen atoms in total. The first-order chi connectivity index (χ1) is 12.7. The van der Waals surface area contributed by atoms with Crippen LogP contribution in [0.5, 0.6) is 5.75 Å². The Bertz CT molecular complexity index is 509. The summed E-state index contributed by atoms with van der Waals surface area (Å²) in [6, 6.07) is 7.97. The van der Waals surface area contributed by atoms with Crippen LogP contribution in [0, 0.1) is 5.92 Å². The van der Waals surface area contributed by atoms with E-state index in [1.54, 1.807) is 7.11 Å². The van der Waals surface area contributed by atoms with E-state index in [1.165, 1.54) is 0 Å². The van der Waals surface area contributed by atoms with Gasteiger partial charge in [-0.25, -0.2) is 4.99 Å². The van der Waals surface area contributed by atoms with Crippen molar-refractivity contribution in [2.24, 2.45) is 10.9 Å². The summed E-state index contributed by atoms with van der Waals surface area (Å²) in [5.74, 6) is 2.10. The van der Waals surface area contributed by atoms with Gasteiger partial charge in [-0.15, -0.1) is 24.0 Å². The second-order valence-electron chi connectivity index (χ2n) is 6.23. The number of guanidine groups is 1. The Hall–Kier alpha value is -1.06. The Balaban J connectivity index is 0.00000676. The van der Waals surface area contributed by atoms with E-state index in [0.29, 0.717) is 25.7 Å². The number of hydrogen-bond acceptors (Lipinski definition) is 4. The lowest BCUT2D eigenvalue weighted by Gasteiger charge is -2.18. The van der Waals surface area contributed by atoms with Crippen LogP contribution >= 0.6 is 24.0 Å². The van der Waals surface area contributed by atoms with Crippen molar-refractivity contribution < 1.29 is 14.6 Å². The first-order valence-electron chi connectivity index (χ1n) is 9.57. The Labute approximate surface area is 181 Å². The molecule has 0 saturated carbocycles. The molecule has 7 heteroatoms. The standard InChI is InChI=1S/C20H35N3O3.HI/c1-4-7-17(10-11-24)15-22-20(21-5-2)23-16-18-8-6-9-19(14-18)26-13-12-25-3;/h6,8-9,14,17,24H,4-5,7,10-13,15-16H2,1-3H3,(H2,21,22,23);1H. The van der Waals surface area contributed by atoms with Crippen LogP contribution in [-0.4, -0.2) is 51.1 Å². The van der Waals surface area contributed by atoms with Crippen LogP contribution < -0.4 is 15.4 Å². The molecule has 0 aliphatic heterocycles. The molecule has 0 saturated heterocycles. The molecule has 0 spiro atoms. The van der Waals surface area contributed by atoms with E-state index in [9.17, 15) is 5.11 Å². The zero-order valence-corrected chi connectivity index (χ0v) is 19.2. The van der Waals surface area contributed by atoms with Crippen molar-refractivity contribution in [1.82, 2.24) is 10.6 Å². The number of nitrogens with zero attached hydrogens (tertiary/aromatic N) is 1. The third kappa shape index (κ3) is 12.1. The van der Waals surface area contributed by atoms with Gasteiger partial charge in [0.05, 0.1) is 13.2 Å². The summed E-state index contributed by atoms with van der Waals surface area (Å²) in [7, 11) is 1.66. The van der Waals surface area contributed by atoms with Crippen molar-refractivity contribution in [3.8, 4) is 5.75 Å². The number of nitrogens with one attached hydrogen (secondary N) is 2. The van der Waals surface area contributed by atoms with Gasteiger partial charge in [-0.1, -0.05) is 25.5 Å². The number of benzene rings is 1. The highest BCUT2D eigenvalue weighted by atomic mass is 127. The van der Waals surface area contributed by atoms with Crippen LogP contribution in [0.2, 0.25) is 0 Å². The summed E-state index contributed by atoms with van der Waals surface area (Å²) < 4.78 is 10.6. The number of aliphatic imine (C=N–C) groups is 1. The van der Waals surface area contributed by atoms with Crippen molar-refractivity contribution in [3.05, 3.63) is 29.8 Å². The predicted molar refractivity (Wildman–Crippen MR) is 122 cm³/mol. The van der Waals surface area contributed by atoms with Gasteiger partial charge in [0, 0.05) is 26.8 Å². The van der Waals surface area contributed by atoms with Gasteiger partial charge in [-0.3, -0.25) is 0 Å². The Morgan fingerprint density at radius 2 is 2.00 bits per heavy atom. The Morgan fingerprint density at radius 1 is 1.19 bits per heavy atom. The smallest absolute Gasteiger partial charge is 0.191 e. The summed E-state index contributed by atoms with van der Waals surface area (Å²) in [5.41, 5.74) is 1.09. The fourth-order valence-electron chi connectivity index (χ4n) is 2.67. The zero-order valence-electron chi connectivity index (χ0n) is 16.9. The quantitative estimate of drug-likeness (QED) is 0.170. The molecule has 1 unspecified atom stereocenters. The van der Waals surface area contributed by atoms with Crippen molar-refractivity contribution in [2.75, 3.05) is 40.0 Å². The number of halogens is 1.